The third kappa shape index (κ3) is 6.58. The summed E-state index contributed by atoms with van der Waals surface area (Å²) in [5.74, 6) is 1.66. The number of hydrogen-bond donors (Lipinski definition) is 1. The summed E-state index contributed by atoms with van der Waals surface area (Å²) in [5.41, 5.74) is 1.81. The van der Waals surface area contributed by atoms with Gasteiger partial charge in [-0.2, -0.15) is 5.26 Å². The quantitative estimate of drug-likeness (QED) is 0.490. The Morgan fingerprint density at radius 1 is 1.10 bits per heavy atom. The molecular formula is C23H26N2O4. The van der Waals surface area contributed by atoms with Crippen molar-refractivity contribution in [3.63, 3.8) is 0 Å². The molecular weight excluding hydrogens is 368 g/mol. The highest BCUT2D eigenvalue weighted by atomic mass is 16.5. The Balaban J connectivity index is 1.94. The van der Waals surface area contributed by atoms with Gasteiger partial charge in [0.1, 0.15) is 17.4 Å². The van der Waals surface area contributed by atoms with Crippen LogP contribution in [-0.2, 0) is 11.2 Å². The molecule has 0 unspecified atom stereocenters. The van der Waals surface area contributed by atoms with Crippen molar-refractivity contribution in [3.8, 4) is 23.3 Å². The van der Waals surface area contributed by atoms with E-state index in [1.165, 1.54) is 0 Å². The van der Waals surface area contributed by atoms with Crippen LogP contribution in [0.1, 0.15) is 24.5 Å². The molecule has 1 amide bonds. The Kier molecular flexibility index (Phi) is 8.58. The van der Waals surface area contributed by atoms with Crippen molar-refractivity contribution in [1.82, 2.24) is 5.32 Å². The molecule has 6 heteroatoms. The number of ether oxygens (including phenoxy) is 3. The average molecular weight is 394 g/mol. The van der Waals surface area contributed by atoms with E-state index in [0.29, 0.717) is 31.1 Å². The lowest BCUT2D eigenvalue weighted by molar-refractivity contribution is -0.117. The van der Waals surface area contributed by atoms with Crippen molar-refractivity contribution >= 4 is 12.0 Å². The lowest BCUT2D eigenvalue weighted by Gasteiger charge is -2.10. The Morgan fingerprint density at radius 3 is 2.45 bits per heavy atom. The number of hydrogen-bond acceptors (Lipinski definition) is 5. The largest absolute Gasteiger partial charge is 0.494 e. The van der Waals surface area contributed by atoms with Crippen LogP contribution in [0.25, 0.3) is 6.08 Å². The Labute approximate surface area is 171 Å². The number of carbonyl (C=O) groups excluding carboxylic acids is 1. The van der Waals surface area contributed by atoms with Crippen molar-refractivity contribution in [2.75, 3.05) is 27.4 Å². The number of benzene rings is 2. The van der Waals surface area contributed by atoms with E-state index in [0.717, 1.165) is 23.3 Å². The van der Waals surface area contributed by atoms with Crippen molar-refractivity contribution in [2.24, 2.45) is 0 Å². The summed E-state index contributed by atoms with van der Waals surface area (Å²) < 4.78 is 16.0. The Morgan fingerprint density at radius 2 is 1.83 bits per heavy atom. The standard InChI is InChI=1S/C23H26N2O4/c1-4-13-29-20-8-5-17(6-9-20)14-19(16-24)23(26)25-12-11-18-7-10-21(27-2)22(15-18)28-3/h5-10,14-15H,4,11-13H2,1-3H3,(H,25,26)/b19-14+. The summed E-state index contributed by atoms with van der Waals surface area (Å²) in [6.07, 6.45) is 3.10. The Hall–Kier alpha value is -3.46. The highest BCUT2D eigenvalue weighted by molar-refractivity contribution is 6.01. The highest BCUT2D eigenvalue weighted by Gasteiger charge is 2.09. The lowest BCUT2D eigenvalue weighted by Crippen LogP contribution is -2.26. The second-order valence-electron chi connectivity index (χ2n) is 6.28. The maximum Gasteiger partial charge on any atom is 0.261 e. The van der Waals surface area contributed by atoms with Gasteiger partial charge in [0.2, 0.25) is 0 Å². The normalized spacial score (nSPS) is 10.8. The van der Waals surface area contributed by atoms with Crippen molar-refractivity contribution in [3.05, 3.63) is 59.2 Å². The molecule has 0 aliphatic carbocycles. The number of carbonyl (C=O) groups is 1. The minimum Gasteiger partial charge on any atom is -0.494 e. The molecule has 0 heterocycles. The van der Waals surface area contributed by atoms with Crippen LogP contribution in [0.4, 0.5) is 0 Å². The van der Waals surface area contributed by atoms with Gasteiger partial charge in [-0.1, -0.05) is 25.1 Å². The minimum atomic E-state index is -0.403. The zero-order chi connectivity index (χ0) is 21.1. The molecule has 0 aliphatic heterocycles. The number of rotatable bonds is 10. The molecule has 1 N–H and O–H groups in total. The maximum absolute atomic E-state index is 12.3. The highest BCUT2D eigenvalue weighted by Crippen LogP contribution is 2.27. The fourth-order valence-corrected chi connectivity index (χ4v) is 2.65. The summed E-state index contributed by atoms with van der Waals surface area (Å²) in [6, 6.07) is 14.9. The molecule has 0 saturated carbocycles. The fraction of sp³-hybridized carbons (Fsp3) is 0.304. The van der Waals surface area contributed by atoms with Crippen molar-refractivity contribution in [1.29, 1.82) is 5.26 Å². The van der Waals surface area contributed by atoms with Crippen LogP contribution >= 0.6 is 0 Å². The maximum atomic E-state index is 12.3. The summed E-state index contributed by atoms with van der Waals surface area (Å²) in [6.45, 7) is 3.10. The third-order valence-corrected chi connectivity index (χ3v) is 4.18. The second kappa shape index (κ2) is 11.4. The van der Waals surface area contributed by atoms with Crippen LogP contribution in [0.2, 0.25) is 0 Å². The molecule has 0 aliphatic rings. The molecule has 0 fully saturated rings. The molecule has 0 spiro atoms. The number of methoxy groups -OCH3 is 2. The Bertz CT molecular complexity index is 883. The van der Waals surface area contributed by atoms with E-state index in [-0.39, 0.29) is 5.57 Å². The van der Waals surface area contributed by atoms with E-state index in [2.05, 4.69) is 5.32 Å². The first-order chi connectivity index (χ1) is 14.1. The smallest absolute Gasteiger partial charge is 0.261 e. The number of nitrogens with one attached hydrogen (secondary N) is 1. The SMILES string of the molecule is CCCOc1ccc(/C=C(\C#N)C(=O)NCCc2ccc(OC)c(OC)c2)cc1. The van der Waals surface area contributed by atoms with Gasteiger partial charge >= 0.3 is 0 Å². The summed E-state index contributed by atoms with van der Waals surface area (Å²) in [7, 11) is 3.16. The van der Waals surface area contributed by atoms with E-state index in [4.69, 9.17) is 14.2 Å². The van der Waals surface area contributed by atoms with Gasteiger partial charge < -0.3 is 19.5 Å². The molecule has 0 radical (unpaired) electrons. The molecule has 2 aromatic rings. The predicted octanol–water partition coefficient (Wildman–Crippen LogP) is 3.76. The zero-order valence-electron chi connectivity index (χ0n) is 17.0. The van der Waals surface area contributed by atoms with Crippen molar-refractivity contribution < 1.29 is 19.0 Å². The number of nitrogens with zero attached hydrogens (tertiary/aromatic N) is 1. The van der Waals surface area contributed by atoms with Gasteiger partial charge in [0.05, 0.1) is 20.8 Å². The predicted molar refractivity (Wildman–Crippen MR) is 112 cm³/mol. The van der Waals surface area contributed by atoms with E-state index in [1.54, 1.807) is 20.3 Å². The van der Waals surface area contributed by atoms with Crippen LogP contribution in [0, 0.1) is 11.3 Å². The van der Waals surface area contributed by atoms with Crippen LogP contribution < -0.4 is 19.5 Å². The molecule has 2 aromatic carbocycles. The van der Waals surface area contributed by atoms with Crippen molar-refractivity contribution in [2.45, 2.75) is 19.8 Å². The van der Waals surface area contributed by atoms with Crippen LogP contribution in [-0.4, -0.2) is 33.3 Å². The summed E-state index contributed by atoms with van der Waals surface area (Å²) >= 11 is 0. The topological polar surface area (TPSA) is 80.6 Å². The first-order valence-corrected chi connectivity index (χ1v) is 9.45. The zero-order valence-corrected chi connectivity index (χ0v) is 17.0. The molecule has 0 atom stereocenters. The fourth-order valence-electron chi connectivity index (χ4n) is 2.65. The molecule has 29 heavy (non-hydrogen) atoms. The number of nitriles is 1. The summed E-state index contributed by atoms with van der Waals surface area (Å²) in [5, 5.41) is 12.1. The van der Waals surface area contributed by atoms with E-state index in [9.17, 15) is 10.1 Å². The minimum absolute atomic E-state index is 0.0551. The van der Waals surface area contributed by atoms with Crippen LogP contribution in [0.5, 0.6) is 17.2 Å². The first-order valence-electron chi connectivity index (χ1n) is 9.45. The average Bonchev–Trinajstić information content (AvgIpc) is 2.76. The van der Waals surface area contributed by atoms with Gasteiger partial charge in [-0.05, 0) is 54.3 Å². The first kappa shape index (κ1) is 21.8. The molecule has 0 aromatic heterocycles. The molecule has 152 valence electrons. The van der Waals surface area contributed by atoms with Crippen LogP contribution in [0.15, 0.2) is 48.0 Å². The van der Waals surface area contributed by atoms with Gasteiger partial charge in [-0.3, -0.25) is 4.79 Å². The third-order valence-electron chi connectivity index (χ3n) is 4.18. The molecule has 6 nitrogen and oxygen atoms in total. The monoisotopic (exact) mass is 394 g/mol. The molecule has 0 saturated heterocycles. The second-order valence-corrected chi connectivity index (χ2v) is 6.28. The van der Waals surface area contributed by atoms with Gasteiger partial charge in [0.25, 0.3) is 5.91 Å². The van der Waals surface area contributed by atoms with E-state index in [1.807, 2.05) is 55.5 Å². The number of amides is 1. The summed E-state index contributed by atoms with van der Waals surface area (Å²) in [4.78, 5) is 12.3. The molecule has 2 rings (SSSR count). The van der Waals surface area contributed by atoms with Crippen LogP contribution in [0.3, 0.4) is 0 Å². The van der Waals surface area contributed by atoms with Gasteiger partial charge in [-0.25, -0.2) is 0 Å². The van der Waals surface area contributed by atoms with Gasteiger partial charge in [0.15, 0.2) is 11.5 Å². The molecule has 0 bridgehead atoms. The van der Waals surface area contributed by atoms with E-state index >= 15 is 0 Å². The lowest BCUT2D eigenvalue weighted by atomic mass is 10.1. The van der Waals surface area contributed by atoms with E-state index < -0.39 is 5.91 Å². The van der Waals surface area contributed by atoms with Gasteiger partial charge in [0, 0.05) is 6.54 Å². The van der Waals surface area contributed by atoms with Gasteiger partial charge in [-0.15, -0.1) is 0 Å².